The first-order valence-corrected chi connectivity index (χ1v) is 7.78. The van der Waals surface area contributed by atoms with Crippen LogP contribution in [-0.2, 0) is 6.18 Å². The van der Waals surface area contributed by atoms with Crippen molar-refractivity contribution in [2.45, 2.75) is 6.18 Å². The van der Waals surface area contributed by atoms with Crippen LogP contribution >= 0.6 is 27.5 Å². The predicted molar refractivity (Wildman–Crippen MR) is 88.3 cm³/mol. The fourth-order valence-electron chi connectivity index (χ4n) is 2.11. The average Bonchev–Trinajstić information content (AvgIpc) is 2.91. The van der Waals surface area contributed by atoms with Crippen LogP contribution in [0.3, 0.4) is 0 Å². The van der Waals surface area contributed by atoms with Crippen LogP contribution in [0.1, 0.15) is 16.1 Å². The summed E-state index contributed by atoms with van der Waals surface area (Å²) in [7, 11) is 0. The molecule has 0 radical (unpaired) electrons. The summed E-state index contributed by atoms with van der Waals surface area (Å²) in [5.41, 5.74) is -0.563. The average molecular weight is 419 g/mol. The van der Waals surface area contributed by atoms with Crippen LogP contribution in [-0.4, -0.2) is 5.91 Å². The molecule has 0 unspecified atom stereocenters. The van der Waals surface area contributed by atoms with Gasteiger partial charge in [0.05, 0.1) is 16.3 Å². The highest BCUT2D eigenvalue weighted by molar-refractivity contribution is 9.10. The summed E-state index contributed by atoms with van der Waals surface area (Å²) in [5.74, 6) is -0.722. The Labute approximate surface area is 147 Å². The quantitative estimate of drug-likeness (QED) is 0.545. The summed E-state index contributed by atoms with van der Waals surface area (Å²) < 4.78 is 44.5. The number of amides is 1. The lowest BCUT2D eigenvalue weighted by molar-refractivity contribution is -0.137. The second kappa shape index (κ2) is 6.14. The van der Waals surface area contributed by atoms with Gasteiger partial charge in [0.1, 0.15) is 5.58 Å². The van der Waals surface area contributed by atoms with Gasteiger partial charge >= 0.3 is 6.18 Å². The lowest BCUT2D eigenvalue weighted by Gasteiger charge is -2.10. The highest BCUT2D eigenvalue weighted by atomic mass is 79.9. The Morgan fingerprint density at radius 2 is 1.88 bits per heavy atom. The van der Waals surface area contributed by atoms with E-state index < -0.39 is 17.6 Å². The summed E-state index contributed by atoms with van der Waals surface area (Å²) in [4.78, 5) is 12.2. The normalized spacial score (nSPS) is 11.7. The molecular formula is C16H8BrClF3NO2. The highest BCUT2D eigenvalue weighted by Gasteiger charge is 2.31. The third-order valence-corrected chi connectivity index (χ3v) is 4.07. The fourth-order valence-corrected chi connectivity index (χ4v) is 2.65. The Bertz CT molecular complexity index is 937. The van der Waals surface area contributed by atoms with E-state index in [0.717, 1.165) is 22.7 Å². The zero-order valence-electron chi connectivity index (χ0n) is 11.7. The topological polar surface area (TPSA) is 42.2 Å². The number of hydrogen-bond acceptors (Lipinski definition) is 2. The molecule has 1 aromatic heterocycles. The Morgan fingerprint density at radius 3 is 2.58 bits per heavy atom. The molecule has 1 heterocycles. The molecule has 3 nitrogen and oxygen atoms in total. The Balaban J connectivity index is 1.91. The molecule has 1 amide bonds. The van der Waals surface area contributed by atoms with Crippen molar-refractivity contribution >= 4 is 50.1 Å². The highest BCUT2D eigenvalue weighted by Crippen LogP contribution is 2.34. The molecule has 24 heavy (non-hydrogen) atoms. The molecule has 0 atom stereocenters. The summed E-state index contributed by atoms with van der Waals surface area (Å²) in [6.45, 7) is 0. The minimum absolute atomic E-state index is 0.00444. The number of carbonyl (C=O) groups excluding carboxylic acids is 1. The SMILES string of the molecule is O=C(Nc1cc(C(F)(F)F)ccc1Cl)c1cc2cc(Br)ccc2o1. The second-order valence-electron chi connectivity index (χ2n) is 4.94. The van der Waals surface area contributed by atoms with E-state index in [1.807, 2.05) is 0 Å². The molecule has 0 aliphatic carbocycles. The van der Waals surface area contributed by atoms with Crippen molar-refractivity contribution in [3.8, 4) is 0 Å². The van der Waals surface area contributed by atoms with Gasteiger partial charge in [0.25, 0.3) is 5.91 Å². The molecule has 3 aromatic rings. The van der Waals surface area contributed by atoms with Gasteiger partial charge in [-0.2, -0.15) is 13.2 Å². The summed E-state index contributed by atoms with van der Waals surface area (Å²) in [6, 6.07) is 9.38. The van der Waals surface area contributed by atoms with E-state index in [9.17, 15) is 18.0 Å². The molecule has 8 heteroatoms. The maximum absolute atomic E-state index is 12.8. The van der Waals surface area contributed by atoms with E-state index in [2.05, 4.69) is 21.2 Å². The van der Waals surface area contributed by atoms with Crippen LogP contribution in [0.4, 0.5) is 18.9 Å². The van der Waals surface area contributed by atoms with Gasteiger partial charge in [-0.25, -0.2) is 0 Å². The molecule has 0 aliphatic heterocycles. The van der Waals surface area contributed by atoms with E-state index >= 15 is 0 Å². The maximum atomic E-state index is 12.8. The predicted octanol–water partition coefficient (Wildman–Crippen LogP) is 6.12. The number of carbonyl (C=O) groups is 1. The molecule has 0 bridgehead atoms. The number of halogens is 5. The van der Waals surface area contributed by atoms with E-state index in [1.54, 1.807) is 18.2 Å². The minimum Gasteiger partial charge on any atom is -0.451 e. The monoisotopic (exact) mass is 417 g/mol. The van der Waals surface area contributed by atoms with Gasteiger partial charge in [-0.15, -0.1) is 0 Å². The smallest absolute Gasteiger partial charge is 0.416 e. The molecular weight excluding hydrogens is 411 g/mol. The van der Waals surface area contributed by atoms with Gasteiger partial charge in [0, 0.05) is 9.86 Å². The number of hydrogen-bond donors (Lipinski definition) is 1. The molecule has 1 N–H and O–H groups in total. The standard InChI is InChI=1S/C16H8BrClF3NO2/c17-10-2-4-13-8(5-10)6-14(24-13)15(23)22-12-7-9(16(19,20)21)1-3-11(12)18/h1-7H,(H,22,23). The van der Waals surface area contributed by atoms with E-state index in [1.165, 1.54) is 6.07 Å². The molecule has 2 aromatic carbocycles. The van der Waals surface area contributed by atoms with Gasteiger partial charge in [0.2, 0.25) is 0 Å². The van der Waals surface area contributed by atoms with E-state index in [0.29, 0.717) is 11.0 Å². The number of fused-ring (bicyclic) bond motifs is 1. The van der Waals surface area contributed by atoms with Gasteiger partial charge in [-0.1, -0.05) is 27.5 Å². The molecule has 0 saturated carbocycles. The number of anilines is 1. The zero-order chi connectivity index (χ0) is 17.5. The Kier molecular flexibility index (Phi) is 4.31. The largest absolute Gasteiger partial charge is 0.451 e. The summed E-state index contributed by atoms with van der Waals surface area (Å²) in [5, 5.41) is 3.02. The van der Waals surface area contributed by atoms with E-state index in [-0.39, 0.29) is 16.5 Å². The van der Waals surface area contributed by atoms with Gasteiger partial charge in [-0.3, -0.25) is 4.79 Å². The van der Waals surface area contributed by atoms with Crippen LogP contribution in [0.15, 0.2) is 51.4 Å². The zero-order valence-corrected chi connectivity index (χ0v) is 14.1. The van der Waals surface area contributed by atoms with Crippen LogP contribution in [0.5, 0.6) is 0 Å². The number of furan rings is 1. The van der Waals surface area contributed by atoms with Gasteiger partial charge in [0.15, 0.2) is 5.76 Å². The number of nitrogens with one attached hydrogen (secondary N) is 1. The first kappa shape index (κ1) is 16.9. The molecule has 0 aliphatic rings. The summed E-state index contributed by atoms with van der Waals surface area (Å²) in [6.07, 6.45) is -4.53. The maximum Gasteiger partial charge on any atom is 0.416 e. The number of rotatable bonds is 2. The van der Waals surface area contributed by atoms with Gasteiger partial charge in [-0.05, 0) is 42.5 Å². The first-order valence-electron chi connectivity index (χ1n) is 6.61. The lowest BCUT2D eigenvalue weighted by atomic mass is 10.2. The van der Waals surface area contributed by atoms with Crippen LogP contribution in [0.25, 0.3) is 11.0 Å². The van der Waals surface area contributed by atoms with Crippen molar-refractivity contribution < 1.29 is 22.4 Å². The van der Waals surface area contributed by atoms with Crippen molar-refractivity contribution in [1.82, 2.24) is 0 Å². The molecule has 0 saturated heterocycles. The first-order chi connectivity index (χ1) is 11.2. The van der Waals surface area contributed by atoms with Crippen molar-refractivity contribution in [3.05, 3.63) is 63.3 Å². The third-order valence-electron chi connectivity index (χ3n) is 3.24. The lowest BCUT2D eigenvalue weighted by Crippen LogP contribution is -2.13. The number of alkyl halides is 3. The molecule has 0 fully saturated rings. The van der Waals surface area contributed by atoms with Crippen LogP contribution < -0.4 is 5.32 Å². The van der Waals surface area contributed by atoms with Crippen molar-refractivity contribution in [2.24, 2.45) is 0 Å². The number of benzene rings is 2. The fraction of sp³-hybridized carbons (Fsp3) is 0.0625. The molecule has 0 spiro atoms. The summed E-state index contributed by atoms with van der Waals surface area (Å²) >= 11 is 9.16. The third kappa shape index (κ3) is 3.42. The Hall–Kier alpha value is -1.99. The van der Waals surface area contributed by atoms with Crippen molar-refractivity contribution in [2.75, 3.05) is 5.32 Å². The molecule has 3 rings (SSSR count). The van der Waals surface area contributed by atoms with Gasteiger partial charge < -0.3 is 9.73 Å². The Morgan fingerprint density at radius 1 is 1.12 bits per heavy atom. The van der Waals surface area contributed by atoms with Crippen LogP contribution in [0.2, 0.25) is 5.02 Å². The van der Waals surface area contributed by atoms with Crippen molar-refractivity contribution in [1.29, 1.82) is 0 Å². The van der Waals surface area contributed by atoms with E-state index in [4.69, 9.17) is 16.0 Å². The minimum atomic E-state index is -4.53. The van der Waals surface area contributed by atoms with Crippen LogP contribution in [0, 0.1) is 0 Å². The second-order valence-corrected chi connectivity index (χ2v) is 6.26. The molecule has 124 valence electrons. The van der Waals surface area contributed by atoms with Crippen molar-refractivity contribution in [3.63, 3.8) is 0 Å².